The number of aromatic nitrogens is 3. The molecule has 0 bridgehead atoms. The van der Waals surface area contributed by atoms with Crippen molar-refractivity contribution in [3.8, 4) is 5.69 Å². The zero-order chi connectivity index (χ0) is 18.8. The van der Waals surface area contributed by atoms with E-state index in [0.717, 1.165) is 11.3 Å². The SMILES string of the molecule is Cc1c(/C=C/c2cnn(-c3ccccc3)c2)nc2ccccc2c1C(=O)O. The molecule has 0 saturated carbocycles. The lowest BCUT2D eigenvalue weighted by Crippen LogP contribution is -2.04. The summed E-state index contributed by atoms with van der Waals surface area (Å²) < 4.78 is 1.79. The number of rotatable bonds is 4. The van der Waals surface area contributed by atoms with E-state index in [4.69, 9.17) is 0 Å². The Morgan fingerprint density at radius 1 is 1.04 bits per heavy atom. The Labute approximate surface area is 156 Å². The van der Waals surface area contributed by atoms with E-state index in [1.807, 2.05) is 66.9 Å². The average Bonchev–Trinajstić information content (AvgIpc) is 3.16. The van der Waals surface area contributed by atoms with E-state index in [0.29, 0.717) is 27.7 Å². The van der Waals surface area contributed by atoms with Crippen LogP contribution in [-0.4, -0.2) is 25.8 Å². The van der Waals surface area contributed by atoms with Gasteiger partial charge in [0.25, 0.3) is 0 Å². The van der Waals surface area contributed by atoms with Gasteiger partial charge in [0.15, 0.2) is 0 Å². The van der Waals surface area contributed by atoms with Gasteiger partial charge in [-0.25, -0.2) is 14.5 Å². The molecule has 2 aromatic carbocycles. The summed E-state index contributed by atoms with van der Waals surface area (Å²) >= 11 is 0. The summed E-state index contributed by atoms with van der Waals surface area (Å²) in [7, 11) is 0. The van der Waals surface area contributed by atoms with Gasteiger partial charge in [0, 0.05) is 17.1 Å². The summed E-state index contributed by atoms with van der Waals surface area (Å²) in [6, 6.07) is 17.1. The molecule has 5 heteroatoms. The van der Waals surface area contributed by atoms with E-state index < -0.39 is 5.97 Å². The molecule has 4 rings (SSSR count). The maximum absolute atomic E-state index is 11.8. The van der Waals surface area contributed by atoms with E-state index in [2.05, 4.69) is 10.1 Å². The van der Waals surface area contributed by atoms with Crippen molar-refractivity contribution in [3.05, 3.63) is 89.4 Å². The average molecular weight is 355 g/mol. The molecule has 0 aliphatic heterocycles. The molecule has 1 N–H and O–H groups in total. The van der Waals surface area contributed by atoms with Crippen molar-refractivity contribution in [2.24, 2.45) is 0 Å². The fraction of sp³-hybridized carbons (Fsp3) is 0.0455. The first kappa shape index (κ1) is 16.7. The van der Waals surface area contributed by atoms with Crippen LogP contribution in [0, 0.1) is 6.92 Å². The number of para-hydroxylation sites is 2. The smallest absolute Gasteiger partial charge is 0.336 e. The summed E-state index contributed by atoms with van der Waals surface area (Å²) in [5.74, 6) is -0.947. The zero-order valence-electron chi connectivity index (χ0n) is 14.7. The van der Waals surface area contributed by atoms with Crippen molar-refractivity contribution >= 4 is 29.0 Å². The van der Waals surface area contributed by atoms with E-state index in [-0.39, 0.29) is 0 Å². The largest absolute Gasteiger partial charge is 0.478 e. The molecule has 0 aliphatic rings. The Morgan fingerprint density at radius 2 is 1.78 bits per heavy atom. The van der Waals surface area contributed by atoms with Crippen molar-refractivity contribution in [2.75, 3.05) is 0 Å². The number of carboxylic acids is 1. The number of nitrogens with zero attached hydrogens (tertiary/aromatic N) is 3. The molecule has 2 heterocycles. The summed E-state index contributed by atoms with van der Waals surface area (Å²) in [5.41, 5.74) is 4.13. The number of hydrogen-bond donors (Lipinski definition) is 1. The molecule has 0 spiro atoms. The Morgan fingerprint density at radius 3 is 2.56 bits per heavy atom. The lowest BCUT2D eigenvalue weighted by Gasteiger charge is -2.09. The topological polar surface area (TPSA) is 68.0 Å². The van der Waals surface area contributed by atoms with E-state index in [9.17, 15) is 9.90 Å². The van der Waals surface area contributed by atoms with Crippen LogP contribution in [-0.2, 0) is 0 Å². The molecule has 0 saturated heterocycles. The minimum atomic E-state index is -0.947. The number of fused-ring (bicyclic) bond motifs is 1. The highest BCUT2D eigenvalue weighted by Crippen LogP contribution is 2.24. The van der Waals surface area contributed by atoms with Gasteiger partial charge >= 0.3 is 5.97 Å². The van der Waals surface area contributed by atoms with Crippen LogP contribution in [0.1, 0.15) is 27.2 Å². The van der Waals surface area contributed by atoms with Crippen LogP contribution in [0.5, 0.6) is 0 Å². The fourth-order valence-corrected chi connectivity index (χ4v) is 3.08. The quantitative estimate of drug-likeness (QED) is 0.581. The Kier molecular flexibility index (Phi) is 4.26. The first-order valence-corrected chi connectivity index (χ1v) is 8.54. The standard InChI is InChI=1S/C22H17N3O2/c1-15-19(24-20-10-6-5-9-18(20)21(15)22(26)27)12-11-16-13-23-25(14-16)17-7-3-2-4-8-17/h2-14H,1H3,(H,26,27)/b12-11+. The maximum Gasteiger partial charge on any atom is 0.336 e. The molecule has 5 nitrogen and oxygen atoms in total. The van der Waals surface area contributed by atoms with Crippen molar-refractivity contribution in [3.63, 3.8) is 0 Å². The minimum Gasteiger partial charge on any atom is -0.478 e. The zero-order valence-corrected chi connectivity index (χ0v) is 14.7. The van der Waals surface area contributed by atoms with Crippen LogP contribution in [0.25, 0.3) is 28.7 Å². The van der Waals surface area contributed by atoms with Gasteiger partial charge < -0.3 is 5.11 Å². The summed E-state index contributed by atoms with van der Waals surface area (Å²) in [4.78, 5) is 16.4. The van der Waals surface area contributed by atoms with Crippen molar-refractivity contribution in [1.29, 1.82) is 0 Å². The molecule has 0 radical (unpaired) electrons. The van der Waals surface area contributed by atoms with Gasteiger partial charge in [-0.3, -0.25) is 0 Å². The Hall–Kier alpha value is -3.73. The van der Waals surface area contributed by atoms with Crippen molar-refractivity contribution in [2.45, 2.75) is 6.92 Å². The monoisotopic (exact) mass is 355 g/mol. The van der Waals surface area contributed by atoms with Gasteiger partial charge in [-0.1, -0.05) is 36.4 Å². The first-order valence-electron chi connectivity index (χ1n) is 8.54. The summed E-state index contributed by atoms with van der Waals surface area (Å²) in [5, 5.41) is 14.7. The summed E-state index contributed by atoms with van der Waals surface area (Å²) in [6.45, 7) is 1.79. The molecular formula is C22H17N3O2. The van der Waals surface area contributed by atoms with Gasteiger partial charge in [-0.2, -0.15) is 5.10 Å². The van der Waals surface area contributed by atoms with Crippen molar-refractivity contribution < 1.29 is 9.90 Å². The third-order valence-electron chi connectivity index (χ3n) is 4.44. The van der Waals surface area contributed by atoms with Crippen molar-refractivity contribution in [1.82, 2.24) is 14.8 Å². The Bertz CT molecular complexity index is 1160. The van der Waals surface area contributed by atoms with Crippen LogP contribution in [0.4, 0.5) is 0 Å². The van der Waals surface area contributed by atoms with E-state index >= 15 is 0 Å². The third-order valence-corrected chi connectivity index (χ3v) is 4.44. The normalized spacial score (nSPS) is 11.3. The predicted octanol–water partition coefficient (Wildman–Crippen LogP) is 4.60. The van der Waals surface area contributed by atoms with E-state index in [1.54, 1.807) is 23.9 Å². The van der Waals surface area contributed by atoms with Crippen LogP contribution in [0.3, 0.4) is 0 Å². The number of carbonyl (C=O) groups is 1. The number of benzene rings is 2. The highest BCUT2D eigenvalue weighted by molar-refractivity contribution is 6.04. The highest BCUT2D eigenvalue weighted by Gasteiger charge is 2.15. The molecule has 0 aliphatic carbocycles. The molecule has 27 heavy (non-hydrogen) atoms. The fourth-order valence-electron chi connectivity index (χ4n) is 3.08. The molecule has 132 valence electrons. The van der Waals surface area contributed by atoms with Gasteiger partial charge in [0.1, 0.15) is 0 Å². The lowest BCUT2D eigenvalue weighted by molar-refractivity contribution is 0.0698. The highest BCUT2D eigenvalue weighted by atomic mass is 16.4. The predicted molar refractivity (Wildman–Crippen MR) is 106 cm³/mol. The second kappa shape index (κ2) is 6.88. The molecule has 0 unspecified atom stereocenters. The minimum absolute atomic E-state index is 0.292. The molecule has 0 fully saturated rings. The maximum atomic E-state index is 11.8. The lowest BCUT2D eigenvalue weighted by atomic mass is 10.0. The molecule has 0 atom stereocenters. The number of aromatic carboxylic acids is 1. The first-order chi connectivity index (χ1) is 13.1. The second-order valence-electron chi connectivity index (χ2n) is 6.21. The molecule has 4 aromatic rings. The number of hydrogen-bond acceptors (Lipinski definition) is 3. The van der Waals surface area contributed by atoms with Gasteiger partial charge in [0.05, 0.1) is 28.7 Å². The Balaban J connectivity index is 1.73. The number of pyridine rings is 1. The summed E-state index contributed by atoms with van der Waals surface area (Å²) in [6.07, 6.45) is 7.40. The molecule has 2 aromatic heterocycles. The number of carboxylic acid groups (broad SMARTS) is 1. The second-order valence-corrected chi connectivity index (χ2v) is 6.21. The van der Waals surface area contributed by atoms with Gasteiger partial charge in [0.2, 0.25) is 0 Å². The van der Waals surface area contributed by atoms with Gasteiger partial charge in [-0.05, 0) is 42.8 Å². The van der Waals surface area contributed by atoms with Crippen LogP contribution < -0.4 is 0 Å². The molecule has 0 amide bonds. The third kappa shape index (κ3) is 3.22. The van der Waals surface area contributed by atoms with Crippen LogP contribution in [0.2, 0.25) is 0 Å². The van der Waals surface area contributed by atoms with Crippen LogP contribution >= 0.6 is 0 Å². The van der Waals surface area contributed by atoms with E-state index in [1.165, 1.54) is 0 Å². The van der Waals surface area contributed by atoms with Crippen LogP contribution in [0.15, 0.2) is 67.0 Å². The molecular weight excluding hydrogens is 338 g/mol. The van der Waals surface area contributed by atoms with Gasteiger partial charge in [-0.15, -0.1) is 0 Å².